The van der Waals surface area contributed by atoms with Crippen LogP contribution in [-0.2, 0) is 0 Å². The van der Waals surface area contributed by atoms with E-state index < -0.39 is 0 Å². The van der Waals surface area contributed by atoms with Crippen LogP contribution in [0.5, 0.6) is 5.75 Å². The van der Waals surface area contributed by atoms with Crippen LogP contribution < -0.4 is 10.1 Å². The molecule has 0 spiro atoms. The van der Waals surface area contributed by atoms with Gasteiger partial charge in [0.15, 0.2) is 5.76 Å². The molecule has 118 valence electrons. The zero-order valence-electron chi connectivity index (χ0n) is 13.3. The molecule has 0 radical (unpaired) electrons. The van der Waals surface area contributed by atoms with Gasteiger partial charge in [-0.2, -0.15) is 5.26 Å². The number of hydrogen-bond donors (Lipinski definition) is 1. The molecular formula is C19H15N3O2. The maximum atomic E-state index is 9.08. The Bertz CT molecular complexity index is 999. The van der Waals surface area contributed by atoms with E-state index in [1.807, 2.05) is 49.5 Å². The molecule has 0 fully saturated rings. The van der Waals surface area contributed by atoms with Crippen LogP contribution in [-0.4, -0.2) is 19.9 Å². The number of hydrogen-bond acceptors (Lipinski definition) is 5. The van der Waals surface area contributed by atoms with Crippen LogP contribution in [0.15, 0.2) is 63.2 Å². The van der Waals surface area contributed by atoms with Gasteiger partial charge in [0.05, 0.1) is 36.1 Å². The van der Waals surface area contributed by atoms with E-state index in [4.69, 9.17) is 19.4 Å². The summed E-state index contributed by atoms with van der Waals surface area (Å²) in [6.45, 7) is 0. The molecule has 1 aliphatic heterocycles. The molecule has 5 heteroatoms. The fourth-order valence-corrected chi connectivity index (χ4v) is 3.06. The number of furan rings is 1. The van der Waals surface area contributed by atoms with Crippen LogP contribution in [0.2, 0.25) is 0 Å². The second-order valence-corrected chi connectivity index (χ2v) is 5.61. The van der Waals surface area contributed by atoms with Crippen molar-refractivity contribution in [3.05, 3.63) is 59.5 Å². The number of methoxy groups -OCH3 is 1. The van der Waals surface area contributed by atoms with Crippen LogP contribution in [0, 0.1) is 17.2 Å². The Kier molecular flexibility index (Phi) is 3.24. The molecule has 4 rings (SSSR count). The number of nitrogens with one attached hydrogen (secondary N) is 1. The van der Waals surface area contributed by atoms with Gasteiger partial charge in [0.2, 0.25) is 0 Å². The Morgan fingerprint density at radius 3 is 2.96 bits per heavy atom. The minimum atomic E-state index is 0.0323. The second-order valence-electron chi connectivity index (χ2n) is 5.61. The highest BCUT2D eigenvalue weighted by Crippen LogP contribution is 2.37. The number of rotatable bonds is 3. The third-order valence-electron chi connectivity index (χ3n) is 4.26. The van der Waals surface area contributed by atoms with Crippen LogP contribution in [0.25, 0.3) is 16.7 Å². The number of fused-ring (bicyclic) bond motifs is 2. The molecule has 0 saturated heterocycles. The Morgan fingerprint density at radius 2 is 2.21 bits per heavy atom. The predicted molar refractivity (Wildman–Crippen MR) is 92.5 cm³/mol. The van der Waals surface area contributed by atoms with Gasteiger partial charge in [-0.3, -0.25) is 0 Å². The van der Waals surface area contributed by atoms with Gasteiger partial charge in [-0.25, -0.2) is 4.99 Å². The van der Waals surface area contributed by atoms with Crippen molar-refractivity contribution in [3.8, 4) is 11.8 Å². The highest BCUT2D eigenvalue weighted by atomic mass is 16.5. The van der Waals surface area contributed by atoms with E-state index in [2.05, 4.69) is 11.4 Å². The van der Waals surface area contributed by atoms with Crippen LogP contribution in [0.3, 0.4) is 0 Å². The first kappa shape index (κ1) is 14.3. The van der Waals surface area contributed by atoms with Crippen molar-refractivity contribution in [1.82, 2.24) is 5.32 Å². The minimum Gasteiger partial charge on any atom is -0.497 e. The molecule has 24 heavy (non-hydrogen) atoms. The van der Waals surface area contributed by atoms with Gasteiger partial charge in [-0.1, -0.05) is 6.08 Å². The molecule has 0 amide bonds. The van der Waals surface area contributed by atoms with Crippen molar-refractivity contribution in [3.63, 3.8) is 0 Å². The number of benzene rings is 1. The van der Waals surface area contributed by atoms with E-state index in [0.717, 1.165) is 33.8 Å². The van der Waals surface area contributed by atoms with Crippen molar-refractivity contribution in [2.75, 3.05) is 14.2 Å². The third kappa shape index (κ3) is 2.12. The Hall–Kier alpha value is -3.26. The first-order valence-corrected chi connectivity index (χ1v) is 7.62. The maximum Gasteiger partial charge on any atom is 0.155 e. The highest BCUT2D eigenvalue weighted by Gasteiger charge is 2.30. The van der Waals surface area contributed by atoms with Crippen molar-refractivity contribution in [2.24, 2.45) is 10.9 Å². The van der Waals surface area contributed by atoms with E-state index in [0.29, 0.717) is 11.3 Å². The molecule has 5 nitrogen and oxygen atoms in total. The molecule has 1 N–H and O–H groups in total. The molecule has 1 atom stereocenters. The molecule has 2 heterocycles. The number of nitrogens with zero attached hydrogens (tertiary/aromatic N) is 2. The summed E-state index contributed by atoms with van der Waals surface area (Å²) in [4.78, 5) is 4.70. The summed E-state index contributed by atoms with van der Waals surface area (Å²) in [5.41, 5.74) is 3.96. The standard InChI is InChI=1S/C19H15N3O2/c1-21-18-14-6-3-11(10-20)7-15(14)22-19(18)17-8-12-4-5-13(23-2)9-16(12)24-17/h3-9,14,21H,1-2H3. The molecule has 2 aromatic rings. The van der Waals surface area contributed by atoms with Crippen molar-refractivity contribution in [2.45, 2.75) is 0 Å². The summed E-state index contributed by atoms with van der Waals surface area (Å²) >= 11 is 0. The highest BCUT2D eigenvalue weighted by molar-refractivity contribution is 6.09. The molecule has 0 saturated carbocycles. The molecular weight excluding hydrogens is 302 g/mol. The second kappa shape index (κ2) is 5.43. The summed E-state index contributed by atoms with van der Waals surface area (Å²) in [5.74, 6) is 1.48. The molecule has 1 unspecified atom stereocenters. The lowest BCUT2D eigenvalue weighted by molar-refractivity contribution is 0.414. The SMILES string of the molecule is CNC1=C(c2cc3ccc(OC)cc3o2)N=C2C=C(C#N)C=CC21. The van der Waals surface area contributed by atoms with E-state index >= 15 is 0 Å². The van der Waals surface area contributed by atoms with E-state index in [1.54, 1.807) is 7.11 Å². The molecule has 2 aliphatic rings. The smallest absolute Gasteiger partial charge is 0.155 e. The maximum absolute atomic E-state index is 9.08. The number of aliphatic imine (C=N–C) groups is 1. The Labute approximate surface area is 139 Å². The topological polar surface area (TPSA) is 70.5 Å². The van der Waals surface area contributed by atoms with Crippen LogP contribution in [0.1, 0.15) is 5.76 Å². The quantitative estimate of drug-likeness (QED) is 0.941. The van der Waals surface area contributed by atoms with E-state index in [-0.39, 0.29) is 5.92 Å². The minimum absolute atomic E-state index is 0.0323. The molecule has 1 aliphatic carbocycles. The average molecular weight is 317 g/mol. The average Bonchev–Trinajstić information content (AvgIpc) is 3.20. The summed E-state index contributed by atoms with van der Waals surface area (Å²) in [6.07, 6.45) is 5.63. The number of nitriles is 1. The van der Waals surface area contributed by atoms with Gasteiger partial charge in [0.1, 0.15) is 17.0 Å². The van der Waals surface area contributed by atoms with Crippen LogP contribution in [0.4, 0.5) is 0 Å². The zero-order chi connectivity index (χ0) is 16.7. The van der Waals surface area contributed by atoms with Gasteiger partial charge in [-0.05, 0) is 30.4 Å². The van der Waals surface area contributed by atoms with E-state index in [9.17, 15) is 0 Å². The largest absolute Gasteiger partial charge is 0.497 e. The number of allylic oxidation sites excluding steroid dienone is 4. The summed E-state index contributed by atoms with van der Waals surface area (Å²) in [6, 6.07) is 9.86. The fourth-order valence-electron chi connectivity index (χ4n) is 3.06. The van der Waals surface area contributed by atoms with Gasteiger partial charge in [0, 0.05) is 18.5 Å². The lowest BCUT2D eigenvalue weighted by atomic mass is 9.93. The fraction of sp³-hybridized carbons (Fsp3) is 0.158. The van der Waals surface area contributed by atoms with Crippen molar-refractivity contribution in [1.29, 1.82) is 5.26 Å². The lowest BCUT2D eigenvalue weighted by Crippen LogP contribution is -2.20. The number of ether oxygens (including phenoxy) is 1. The normalized spacial score (nSPS) is 19.0. The predicted octanol–water partition coefficient (Wildman–Crippen LogP) is 3.42. The van der Waals surface area contributed by atoms with Crippen LogP contribution >= 0.6 is 0 Å². The Balaban J connectivity index is 1.83. The zero-order valence-corrected chi connectivity index (χ0v) is 13.3. The monoisotopic (exact) mass is 317 g/mol. The summed E-state index contributed by atoms with van der Waals surface area (Å²) in [5, 5.41) is 13.3. The first-order chi connectivity index (χ1) is 11.7. The van der Waals surface area contributed by atoms with Crippen molar-refractivity contribution < 1.29 is 9.15 Å². The van der Waals surface area contributed by atoms with Gasteiger partial charge >= 0.3 is 0 Å². The first-order valence-electron chi connectivity index (χ1n) is 7.62. The lowest BCUT2D eigenvalue weighted by Gasteiger charge is -2.14. The Morgan fingerprint density at radius 1 is 1.33 bits per heavy atom. The molecule has 1 aromatic heterocycles. The summed E-state index contributed by atoms with van der Waals surface area (Å²) in [7, 11) is 3.50. The third-order valence-corrected chi connectivity index (χ3v) is 4.26. The van der Waals surface area contributed by atoms with E-state index in [1.165, 1.54) is 0 Å². The summed E-state index contributed by atoms with van der Waals surface area (Å²) < 4.78 is 11.2. The molecule has 0 bridgehead atoms. The van der Waals surface area contributed by atoms with Gasteiger partial charge in [0.25, 0.3) is 0 Å². The van der Waals surface area contributed by atoms with Crippen molar-refractivity contribution >= 4 is 22.4 Å². The molecule has 1 aromatic carbocycles. The van der Waals surface area contributed by atoms with Gasteiger partial charge in [-0.15, -0.1) is 0 Å². The van der Waals surface area contributed by atoms with Gasteiger partial charge < -0.3 is 14.5 Å².